The summed E-state index contributed by atoms with van der Waals surface area (Å²) in [5, 5.41) is 2.49. The van der Waals surface area contributed by atoms with E-state index in [1.165, 1.54) is 6.20 Å². The molecular weight excluding hydrogens is 221 g/mol. The molecule has 0 aliphatic rings. The van der Waals surface area contributed by atoms with Crippen molar-refractivity contribution in [2.45, 2.75) is 4.84 Å². The number of alkyl halides is 2. The number of hydrogen-bond acceptors (Lipinski definition) is 4. The summed E-state index contributed by atoms with van der Waals surface area (Å²) in [5.41, 5.74) is 0.286. The minimum atomic E-state index is -0.597. The summed E-state index contributed by atoms with van der Waals surface area (Å²) in [5.74, 6) is -0.310. The molecule has 12 heavy (non-hydrogen) atoms. The summed E-state index contributed by atoms with van der Waals surface area (Å²) in [4.78, 5) is 10.5. The van der Waals surface area contributed by atoms with Crippen molar-refractivity contribution in [2.24, 2.45) is 0 Å². The van der Waals surface area contributed by atoms with Gasteiger partial charge in [-0.05, 0) is 0 Å². The highest BCUT2D eigenvalue weighted by Crippen LogP contribution is 2.00. The second-order valence-electron chi connectivity index (χ2n) is 1.89. The van der Waals surface area contributed by atoms with E-state index in [-0.39, 0.29) is 18.1 Å². The molecule has 0 aliphatic heterocycles. The van der Waals surface area contributed by atoms with Crippen LogP contribution < -0.4 is 5.32 Å². The highest BCUT2D eigenvalue weighted by molar-refractivity contribution is 6.99. The molecule has 0 fully saturated rings. The molecule has 4 nitrogen and oxygen atoms in total. The van der Waals surface area contributed by atoms with E-state index in [9.17, 15) is 4.79 Å². The molecule has 0 aliphatic carbocycles. The largest absolute Gasteiger partial charge is 0.348 e. The van der Waals surface area contributed by atoms with Gasteiger partial charge in [0.2, 0.25) is 0 Å². The minimum absolute atomic E-state index is 0.208. The molecule has 7 heteroatoms. The first-order valence-corrected chi connectivity index (χ1v) is 4.64. The van der Waals surface area contributed by atoms with E-state index in [0.717, 1.165) is 11.7 Å². The number of hydrogen-bond donors (Lipinski definition) is 1. The van der Waals surface area contributed by atoms with Crippen LogP contribution in [-0.2, 0) is 0 Å². The summed E-state index contributed by atoms with van der Waals surface area (Å²) in [6.45, 7) is 0.208. The van der Waals surface area contributed by atoms with Crippen LogP contribution in [0.2, 0.25) is 0 Å². The van der Waals surface area contributed by atoms with Crippen molar-refractivity contribution < 1.29 is 4.79 Å². The number of aromatic nitrogens is 2. The number of amides is 1. The minimum Gasteiger partial charge on any atom is -0.348 e. The maximum absolute atomic E-state index is 11.1. The molecule has 1 heterocycles. The number of halogens is 2. The Morgan fingerprint density at radius 3 is 3.00 bits per heavy atom. The van der Waals surface area contributed by atoms with Crippen LogP contribution in [0, 0.1) is 0 Å². The monoisotopic (exact) mass is 225 g/mol. The molecule has 1 rings (SSSR count). The predicted octanol–water partition coefficient (Wildman–Crippen LogP) is 1.07. The lowest BCUT2D eigenvalue weighted by molar-refractivity contribution is 0.0951. The third kappa shape index (κ3) is 2.92. The average Bonchev–Trinajstić information content (AvgIpc) is 2.51. The normalized spacial score (nSPS) is 10.2. The average molecular weight is 226 g/mol. The van der Waals surface area contributed by atoms with E-state index in [1.807, 2.05) is 0 Å². The summed E-state index contributed by atoms with van der Waals surface area (Å²) >= 11 is 11.8. The third-order valence-electron chi connectivity index (χ3n) is 1.01. The van der Waals surface area contributed by atoms with Gasteiger partial charge in [-0.1, -0.05) is 0 Å². The predicted molar refractivity (Wildman–Crippen MR) is 47.7 cm³/mol. The standard InChI is InChI=1S/C5H5Cl2N3OS/c6-4(7)2-8-5(11)3-1-9-12-10-3/h1,4H,2H2,(H,8,11). The second kappa shape index (κ2) is 4.59. The molecule has 66 valence electrons. The zero-order valence-electron chi connectivity index (χ0n) is 5.83. The van der Waals surface area contributed by atoms with Gasteiger partial charge in [0.05, 0.1) is 17.9 Å². The van der Waals surface area contributed by atoms with Gasteiger partial charge in [-0.3, -0.25) is 4.79 Å². The van der Waals surface area contributed by atoms with Gasteiger partial charge >= 0.3 is 0 Å². The van der Waals surface area contributed by atoms with Gasteiger partial charge in [0, 0.05) is 6.54 Å². The van der Waals surface area contributed by atoms with Crippen LogP contribution >= 0.6 is 34.9 Å². The molecule has 0 unspecified atom stereocenters. The van der Waals surface area contributed by atoms with Gasteiger partial charge in [0.25, 0.3) is 5.91 Å². The Hall–Kier alpha value is -0.390. The molecule has 0 spiro atoms. The fourth-order valence-corrected chi connectivity index (χ4v) is 1.09. The number of carbonyl (C=O) groups is 1. The van der Waals surface area contributed by atoms with E-state index in [0.29, 0.717) is 0 Å². The van der Waals surface area contributed by atoms with Crippen LogP contribution in [-0.4, -0.2) is 26.0 Å². The zero-order chi connectivity index (χ0) is 8.97. The molecule has 0 atom stereocenters. The molecule has 1 amide bonds. The van der Waals surface area contributed by atoms with Gasteiger partial charge in [-0.15, -0.1) is 23.2 Å². The Bertz CT molecular complexity index is 251. The van der Waals surface area contributed by atoms with Crippen LogP contribution in [0.15, 0.2) is 6.20 Å². The molecule has 0 saturated heterocycles. The van der Waals surface area contributed by atoms with Crippen molar-refractivity contribution in [3.05, 3.63) is 11.9 Å². The number of nitrogens with one attached hydrogen (secondary N) is 1. The van der Waals surface area contributed by atoms with Gasteiger partial charge < -0.3 is 5.32 Å². The molecule has 0 bridgehead atoms. The Labute approximate surface area is 83.2 Å². The summed E-state index contributed by atoms with van der Waals surface area (Å²) in [6.07, 6.45) is 1.39. The lowest BCUT2D eigenvalue weighted by Gasteiger charge is -2.01. The van der Waals surface area contributed by atoms with E-state index in [4.69, 9.17) is 23.2 Å². The van der Waals surface area contributed by atoms with Crippen molar-refractivity contribution in [3.8, 4) is 0 Å². The number of nitrogens with zero attached hydrogens (tertiary/aromatic N) is 2. The Morgan fingerprint density at radius 2 is 2.50 bits per heavy atom. The van der Waals surface area contributed by atoms with Crippen molar-refractivity contribution in [2.75, 3.05) is 6.54 Å². The first-order chi connectivity index (χ1) is 5.70. The zero-order valence-corrected chi connectivity index (χ0v) is 8.16. The highest BCUT2D eigenvalue weighted by atomic mass is 35.5. The highest BCUT2D eigenvalue weighted by Gasteiger charge is 2.08. The van der Waals surface area contributed by atoms with E-state index >= 15 is 0 Å². The lowest BCUT2D eigenvalue weighted by atomic mass is 10.4. The van der Waals surface area contributed by atoms with Crippen molar-refractivity contribution in [1.29, 1.82) is 0 Å². The van der Waals surface area contributed by atoms with Crippen LogP contribution in [0.25, 0.3) is 0 Å². The van der Waals surface area contributed by atoms with Crippen LogP contribution in [0.5, 0.6) is 0 Å². The Kier molecular flexibility index (Phi) is 3.71. The third-order valence-corrected chi connectivity index (χ3v) is 1.80. The molecule has 0 aromatic carbocycles. The first-order valence-electron chi connectivity index (χ1n) is 3.04. The summed E-state index contributed by atoms with van der Waals surface area (Å²) in [6, 6.07) is 0. The van der Waals surface area contributed by atoms with E-state index < -0.39 is 4.84 Å². The van der Waals surface area contributed by atoms with E-state index in [1.54, 1.807) is 0 Å². The second-order valence-corrected chi connectivity index (χ2v) is 3.73. The first kappa shape index (κ1) is 9.70. The lowest BCUT2D eigenvalue weighted by Crippen LogP contribution is -2.27. The van der Waals surface area contributed by atoms with Crippen molar-refractivity contribution in [1.82, 2.24) is 14.1 Å². The molecule has 1 N–H and O–H groups in total. The molecule has 1 aromatic heterocycles. The smallest absolute Gasteiger partial charge is 0.272 e. The SMILES string of the molecule is O=C(NCC(Cl)Cl)c1cnsn1. The van der Waals surface area contributed by atoms with Gasteiger partial charge in [0.1, 0.15) is 4.84 Å². The maximum atomic E-state index is 11.1. The van der Waals surface area contributed by atoms with Gasteiger partial charge in [-0.25, -0.2) is 0 Å². The van der Waals surface area contributed by atoms with Gasteiger partial charge in [0.15, 0.2) is 5.69 Å². The molecule has 0 radical (unpaired) electrons. The van der Waals surface area contributed by atoms with Crippen molar-refractivity contribution >= 4 is 40.8 Å². The summed E-state index contributed by atoms with van der Waals surface area (Å²) in [7, 11) is 0. The maximum Gasteiger partial charge on any atom is 0.272 e. The van der Waals surface area contributed by atoms with Crippen LogP contribution in [0.3, 0.4) is 0 Å². The van der Waals surface area contributed by atoms with Crippen molar-refractivity contribution in [3.63, 3.8) is 0 Å². The van der Waals surface area contributed by atoms with Crippen LogP contribution in [0.4, 0.5) is 0 Å². The molecular formula is C5H5Cl2N3OS. The van der Waals surface area contributed by atoms with E-state index in [2.05, 4.69) is 14.1 Å². The van der Waals surface area contributed by atoms with Gasteiger partial charge in [-0.2, -0.15) is 8.75 Å². The number of rotatable bonds is 3. The number of carbonyl (C=O) groups excluding carboxylic acids is 1. The fourth-order valence-electron chi connectivity index (χ4n) is 0.525. The Morgan fingerprint density at radius 1 is 1.75 bits per heavy atom. The Balaban J connectivity index is 2.40. The molecule has 0 saturated carbocycles. The topological polar surface area (TPSA) is 54.9 Å². The summed E-state index contributed by atoms with van der Waals surface area (Å²) < 4.78 is 7.40. The fraction of sp³-hybridized carbons (Fsp3) is 0.400. The quantitative estimate of drug-likeness (QED) is 0.784. The van der Waals surface area contributed by atoms with Crippen LogP contribution in [0.1, 0.15) is 10.5 Å². The molecule has 1 aromatic rings.